The van der Waals surface area contributed by atoms with Gasteiger partial charge in [-0.15, -0.1) is 0 Å². The first-order valence-electron chi connectivity index (χ1n) is 6.70. The van der Waals surface area contributed by atoms with Gasteiger partial charge in [0.2, 0.25) is 0 Å². The van der Waals surface area contributed by atoms with Crippen LogP contribution in [0.4, 0.5) is 13.2 Å². The van der Waals surface area contributed by atoms with Gasteiger partial charge in [-0.05, 0) is 26.3 Å². The molecule has 0 radical (unpaired) electrons. The first-order chi connectivity index (χ1) is 8.87. The van der Waals surface area contributed by atoms with Crippen molar-refractivity contribution in [1.82, 2.24) is 15.1 Å². The number of hydrogen-bond acceptors (Lipinski definition) is 2. The summed E-state index contributed by atoms with van der Waals surface area (Å²) in [5.41, 5.74) is 2.40. The molecule has 0 saturated heterocycles. The van der Waals surface area contributed by atoms with Crippen LogP contribution in [0.3, 0.4) is 0 Å². The highest BCUT2D eigenvalue weighted by Crippen LogP contribution is 2.28. The lowest BCUT2D eigenvalue weighted by Gasteiger charge is -2.17. The highest BCUT2D eigenvalue weighted by molar-refractivity contribution is 5.30. The van der Waals surface area contributed by atoms with E-state index in [4.69, 9.17) is 0 Å². The summed E-state index contributed by atoms with van der Waals surface area (Å²) in [6.07, 6.45) is -2.21. The Morgan fingerprint density at radius 3 is 2.21 bits per heavy atom. The van der Waals surface area contributed by atoms with Gasteiger partial charge in [-0.3, -0.25) is 4.68 Å². The molecule has 6 heteroatoms. The predicted octanol–water partition coefficient (Wildman–Crippen LogP) is 3.24. The molecule has 0 amide bonds. The van der Waals surface area contributed by atoms with Crippen LogP contribution >= 0.6 is 0 Å². The summed E-state index contributed by atoms with van der Waals surface area (Å²) in [5, 5.41) is 7.32. The SMILES string of the molecule is CCc1nn(CC(F)(F)F)c(CC)c1C(CC)NC. The van der Waals surface area contributed by atoms with Gasteiger partial charge in [-0.1, -0.05) is 20.8 Å². The average molecular weight is 277 g/mol. The Hall–Kier alpha value is -1.04. The van der Waals surface area contributed by atoms with Gasteiger partial charge in [-0.2, -0.15) is 18.3 Å². The van der Waals surface area contributed by atoms with Crippen molar-refractivity contribution in [2.45, 2.75) is 58.8 Å². The third-order valence-corrected chi connectivity index (χ3v) is 3.28. The van der Waals surface area contributed by atoms with Crippen molar-refractivity contribution in [2.24, 2.45) is 0 Å². The van der Waals surface area contributed by atoms with Crippen LogP contribution in [0.25, 0.3) is 0 Å². The van der Waals surface area contributed by atoms with Gasteiger partial charge in [0.15, 0.2) is 0 Å². The molecule has 3 nitrogen and oxygen atoms in total. The van der Waals surface area contributed by atoms with Crippen LogP contribution in [0.1, 0.15) is 50.2 Å². The van der Waals surface area contributed by atoms with E-state index in [1.165, 1.54) is 0 Å². The zero-order valence-electron chi connectivity index (χ0n) is 11.9. The standard InChI is InChI=1S/C13H22F3N3/c1-5-9(17-4)12-10(6-2)18-19(11(12)7-3)8-13(14,15)16/h9,17H,5-8H2,1-4H3. The number of halogens is 3. The summed E-state index contributed by atoms with van der Waals surface area (Å²) < 4.78 is 38.9. The Balaban J connectivity index is 3.28. The molecule has 1 rings (SSSR count). The largest absolute Gasteiger partial charge is 0.408 e. The van der Waals surface area contributed by atoms with Crippen LogP contribution < -0.4 is 5.32 Å². The number of rotatable bonds is 6. The molecule has 1 aromatic rings. The summed E-state index contributed by atoms with van der Waals surface area (Å²) >= 11 is 0. The molecule has 1 aromatic heterocycles. The van der Waals surface area contributed by atoms with Gasteiger partial charge in [0, 0.05) is 17.3 Å². The second kappa shape index (κ2) is 6.41. The maximum absolute atomic E-state index is 12.6. The van der Waals surface area contributed by atoms with Crippen LogP contribution in [0.5, 0.6) is 0 Å². The molecule has 0 aliphatic carbocycles. The van der Waals surface area contributed by atoms with Crippen LogP contribution in [0, 0.1) is 0 Å². The van der Waals surface area contributed by atoms with Crippen LogP contribution in [-0.2, 0) is 19.4 Å². The van der Waals surface area contributed by atoms with Crippen LogP contribution in [0.15, 0.2) is 0 Å². The number of nitrogens with zero attached hydrogens (tertiary/aromatic N) is 2. The van der Waals surface area contributed by atoms with E-state index in [-0.39, 0.29) is 6.04 Å². The minimum atomic E-state index is -4.24. The lowest BCUT2D eigenvalue weighted by atomic mass is 9.99. The molecule has 0 aliphatic rings. The number of aromatic nitrogens is 2. The smallest absolute Gasteiger partial charge is 0.313 e. The van der Waals surface area contributed by atoms with Crippen molar-refractivity contribution in [3.05, 3.63) is 17.0 Å². The van der Waals surface area contributed by atoms with Gasteiger partial charge in [0.25, 0.3) is 0 Å². The summed E-state index contributed by atoms with van der Waals surface area (Å²) in [6, 6.07) is 0.0619. The van der Waals surface area contributed by atoms with E-state index >= 15 is 0 Å². The molecule has 1 N–H and O–H groups in total. The topological polar surface area (TPSA) is 29.9 Å². The molecule has 1 atom stereocenters. The van der Waals surface area contributed by atoms with Gasteiger partial charge < -0.3 is 5.32 Å². The molecular weight excluding hydrogens is 255 g/mol. The molecule has 1 unspecified atom stereocenters. The van der Waals surface area contributed by atoms with Gasteiger partial charge in [-0.25, -0.2) is 0 Å². The second-order valence-electron chi connectivity index (χ2n) is 4.54. The normalized spacial score (nSPS) is 13.8. The Morgan fingerprint density at radius 2 is 1.84 bits per heavy atom. The number of nitrogens with one attached hydrogen (secondary N) is 1. The van der Waals surface area contributed by atoms with Crippen LogP contribution in [-0.4, -0.2) is 23.0 Å². The first kappa shape index (κ1) is 16.0. The molecule has 110 valence electrons. The molecule has 0 saturated carbocycles. The van der Waals surface area contributed by atoms with Crippen molar-refractivity contribution in [2.75, 3.05) is 7.05 Å². The highest BCUT2D eigenvalue weighted by Gasteiger charge is 2.31. The van der Waals surface area contributed by atoms with E-state index in [1.807, 2.05) is 27.8 Å². The Morgan fingerprint density at radius 1 is 1.21 bits per heavy atom. The zero-order valence-corrected chi connectivity index (χ0v) is 11.9. The van der Waals surface area contributed by atoms with Gasteiger partial charge in [0.05, 0.1) is 5.69 Å². The maximum Gasteiger partial charge on any atom is 0.408 e. The third kappa shape index (κ3) is 3.72. The Labute approximate surface area is 112 Å². The highest BCUT2D eigenvalue weighted by atomic mass is 19.4. The molecule has 0 spiro atoms. The van der Waals surface area contributed by atoms with Crippen molar-refractivity contribution in [1.29, 1.82) is 0 Å². The third-order valence-electron chi connectivity index (χ3n) is 3.28. The number of alkyl halides is 3. The minimum absolute atomic E-state index is 0.0619. The van der Waals surface area contributed by atoms with E-state index in [9.17, 15) is 13.2 Å². The maximum atomic E-state index is 12.6. The van der Waals surface area contributed by atoms with Crippen molar-refractivity contribution in [3.8, 4) is 0 Å². The summed E-state index contributed by atoms with van der Waals surface area (Å²) in [4.78, 5) is 0. The molecule has 0 aliphatic heterocycles. The summed E-state index contributed by atoms with van der Waals surface area (Å²) in [7, 11) is 1.83. The molecule has 1 heterocycles. The van der Waals surface area contributed by atoms with Crippen molar-refractivity contribution < 1.29 is 13.2 Å². The van der Waals surface area contributed by atoms with Crippen molar-refractivity contribution in [3.63, 3.8) is 0 Å². The van der Waals surface area contributed by atoms with E-state index in [0.29, 0.717) is 18.5 Å². The zero-order chi connectivity index (χ0) is 14.6. The summed E-state index contributed by atoms with van der Waals surface area (Å²) in [5.74, 6) is 0. The predicted molar refractivity (Wildman–Crippen MR) is 69.1 cm³/mol. The molecule has 19 heavy (non-hydrogen) atoms. The van der Waals surface area contributed by atoms with Crippen LogP contribution in [0.2, 0.25) is 0 Å². The van der Waals surface area contributed by atoms with E-state index in [1.54, 1.807) is 0 Å². The quantitative estimate of drug-likeness (QED) is 0.865. The number of hydrogen-bond donors (Lipinski definition) is 1. The number of aryl methyl sites for hydroxylation is 1. The fraction of sp³-hybridized carbons (Fsp3) is 0.769. The van der Waals surface area contributed by atoms with E-state index in [0.717, 1.165) is 22.4 Å². The molecule has 0 fully saturated rings. The molecule has 0 bridgehead atoms. The monoisotopic (exact) mass is 277 g/mol. The Bertz CT molecular complexity index is 406. The lowest BCUT2D eigenvalue weighted by molar-refractivity contribution is -0.143. The molecule has 0 aromatic carbocycles. The minimum Gasteiger partial charge on any atom is -0.313 e. The fourth-order valence-electron chi connectivity index (χ4n) is 2.46. The first-order valence-corrected chi connectivity index (χ1v) is 6.70. The van der Waals surface area contributed by atoms with E-state index < -0.39 is 12.7 Å². The molecular formula is C13H22F3N3. The van der Waals surface area contributed by atoms with E-state index in [2.05, 4.69) is 10.4 Å². The average Bonchev–Trinajstić information content (AvgIpc) is 2.66. The van der Waals surface area contributed by atoms with Crippen molar-refractivity contribution >= 4 is 0 Å². The fourth-order valence-corrected chi connectivity index (χ4v) is 2.46. The van der Waals surface area contributed by atoms with Gasteiger partial charge in [0.1, 0.15) is 6.54 Å². The Kier molecular flexibility index (Phi) is 5.40. The summed E-state index contributed by atoms with van der Waals surface area (Å²) in [6.45, 7) is 4.80. The van der Waals surface area contributed by atoms with Gasteiger partial charge >= 0.3 is 6.18 Å². The second-order valence-corrected chi connectivity index (χ2v) is 4.54. The lowest BCUT2D eigenvalue weighted by Crippen LogP contribution is -2.22.